The van der Waals surface area contributed by atoms with Gasteiger partial charge in [-0.15, -0.1) is 0 Å². The van der Waals surface area contributed by atoms with Crippen LogP contribution in [0.15, 0.2) is 0 Å². The molecule has 0 radical (unpaired) electrons. The highest BCUT2D eigenvalue weighted by Gasteiger charge is 2.42. The molecular formula is C13H22. The van der Waals surface area contributed by atoms with Crippen LogP contribution >= 0.6 is 0 Å². The minimum atomic E-state index is 1.17. The van der Waals surface area contributed by atoms with Gasteiger partial charge in [-0.2, -0.15) is 0 Å². The van der Waals surface area contributed by atoms with Crippen LogP contribution in [0.5, 0.6) is 0 Å². The quantitative estimate of drug-likeness (QED) is 0.569. The Bertz CT molecular complexity index is 180. The van der Waals surface area contributed by atoms with E-state index in [2.05, 4.69) is 0 Å². The van der Waals surface area contributed by atoms with E-state index in [1.54, 1.807) is 57.8 Å². The van der Waals surface area contributed by atoms with E-state index in [0.717, 1.165) is 0 Å². The second kappa shape index (κ2) is 3.29. The van der Waals surface area contributed by atoms with Crippen molar-refractivity contribution in [3.8, 4) is 0 Å². The van der Waals surface area contributed by atoms with Crippen molar-refractivity contribution in [3.63, 3.8) is 0 Å². The van der Waals surface area contributed by atoms with E-state index >= 15 is 0 Å². The minimum absolute atomic E-state index is 1.17. The van der Waals surface area contributed by atoms with Crippen molar-refractivity contribution in [3.05, 3.63) is 0 Å². The summed E-state index contributed by atoms with van der Waals surface area (Å²) in [5.41, 5.74) is 0. The first-order valence-corrected chi connectivity index (χ1v) is 6.45. The Labute approximate surface area is 82.1 Å². The van der Waals surface area contributed by atoms with Crippen molar-refractivity contribution in [2.45, 2.75) is 57.8 Å². The Morgan fingerprint density at radius 1 is 0.462 bits per heavy atom. The van der Waals surface area contributed by atoms with Gasteiger partial charge in [0.15, 0.2) is 0 Å². The average molecular weight is 178 g/mol. The Balaban J connectivity index is 1.69. The van der Waals surface area contributed by atoms with E-state index in [9.17, 15) is 0 Å². The molecule has 3 atom stereocenters. The number of rotatable bonds is 1. The molecule has 3 saturated carbocycles. The van der Waals surface area contributed by atoms with Crippen molar-refractivity contribution in [1.29, 1.82) is 0 Å². The maximum absolute atomic E-state index is 1.59. The standard InChI is InChI=1S/C13H22/c1-2-7-12(10-5-3-6-10)13-9-8-11(13)4-1/h10-13H,1-9H2. The van der Waals surface area contributed by atoms with Crippen molar-refractivity contribution < 1.29 is 0 Å². The third-order valence-corrected chi connectivity index (χ3v) is 5.14. The monoisotopic (exact) mass is 178 g/mol. The van der Waals surface area contributed by atoms with Gasteiger partial charge in [0.2, 0.25) is 0 Å². The number of hydrogen-bond acceptors (Lipinski definition) is 0. The third kappa shape index (κ3) is 1.33. The Hall–Kier alpha value is 0. The highest BCUT2D eigenvalue weighted by molar-refractivity contribution is 4.92. The van der Waals surface area contributed by atoms with Crippen LogP contribution < -0.4 is 0 Å². The molecule has 0 aromatic rings. The smallest absolute Gasteiger partial charge is 0.0355 e. The van der Waals surface area contributed by atoms with Crippen molar-refractivity contribution in [2.24, 2.45) is 23.7 Å². The molecule has 3 unspecified atom stereocenters. The SMILES string of the molecule is C1CC(C2CCCCC3CCC32)C1. The largest absolute Gasteiger partial charge is 0.0530 e. The minimum Gasteiger partial charge on any atom is -0.0530 e. The van der Waals surface area contributed by atoms with Crippen molar-refractivity contribution in [1.82, 2.24) is 0 Å². The van der Waals surface area contributed by atoms with Crippen LogP contribution in [0.2, 0.25) is 0 Å². The molecule has 0 amide bonds. The summed E-state index contributed by atoms with van der Waals surface area (Å²) in [4.78, 5) is 0. The molecule has 0 aliphatic heterocycles. The third-order valence-electron chi connectivity index (χ3n) is 5.14. The first-order chi connectivity index (χ1) is 6.45. The fraction of sp³-hybridized carbons (Fsp3) is 1.00. The summed E-state index contributed by atoms with van der Waals surface area (Å²) in [5.74, 6) is 4.71. The van der Waals surface area contributed by atoms with Gasteiger partial charge in [-0.25, -0.2) is 0 Å². The zero-order valence-electron chi connectivity index (χ0n) is 8.67. The normalized spacial score (nSPS) is 45.7. The zero-order valence-corrected chi connectivity index (χ0v) is 8.67. The lowest BCUT2D eigenvalue weighted by Crippen LogP contribution is -2.37. The van der Waals surface area contributed by atoms with Gasteiger partial charge in [-0.05, 0) is 42.9 Å². The molecule has 0 nitrogen and oxygen atoms in total. The fourth-order valence-electron chi connectivity index (χ4n) is 3.97. The molecule has 0 N–H and O–H groups in total. The van der Waals surface area contributed by atoms with Crippen LogP contribution in [0.1, 0.15) is 57.8 Å². The van der Waals surface area contributed by atoms with Crippen molar-refractivity contribution in [2.75, 3.05) is 0 Å². The predicted octanol–water partition coefficient (Wildman–Crippen LogP) is 4.00. The van der Waals surface area contributed by atoms with E-state index in [-0.39, 0.29) is 0 Å². The molecule has 0 spiro atoms. The molecule has 0 heteroatoms. The fourth-order valence-corrected chi connectivity index (χ4v) is 3.97. The van der Waals surface area contributed by atoms with Crippen LogP contribution in [-0.2, 0) is 0 Å². The Morgan fingerprint density at radius 3 is 1.69 bits per heavy atom. The summed E-state index contributed by atoms with van der Waals surface area (Å²) >= 11 is 0. The second-order valence-electron chi connectivity index (χ2n) is 5.64. The molecule has 13 heavy (non-hydrogen) atoms. The summed E-state index contributed by atoms with van der Waals surface area (Å²) < 4.78 is 0. The molecule has 3 aliphatic rings. The topological polar surface area (TPSA) is 0 Å². The van der Waals surface area contributed by atoms with Gasteiger partial charge >= 0.3 is 0 Å². The summed E-state index contributed by atoms with van der Waals surface area (Å²) in [7, 11) is 0. The lowest BCUT2D eigenvalue weighted by atomic mass is 9.59. The van der Waals surface area contributed by atoms with E-state index in [1.807, 2.05) is 0 Å². The van der Waals surface area contributed by atoms with Gasteiger partial charge < -0.3 is 0 Å². The maximum Gasteiger partial charge on any atom is -0.0355 e. The second-order valence-corrected chi connectivity index (χ2v) is 5.64. The highest BCUT2D eigenvalue weighted by atomic mass is 14.5. The van der Waals surface area contributed by atoms with E-state index in [1.165, 1.54) is 23.7 Å². The molecule has 0 aromatic carbocycles. The van der Waals surface area contributed by atoms with Gasteiger partial charge in [0.25, 0.3) is 0 Å². The summed E-state index contributed by atoms with van der Waals surface area (Å²) in [6.45, 7) is 0. The first-order valence-electron chi connectivity index (χ1n) is 6.45. The molecule has 0 bridgehead atoms. The summed E-state index contributed by atoms with van der Waals surface area (Å²) in [5, 5.41) is 0. The Kier molecular flexibility index (Phi) is 2.11. The molecular weight excluding hydrogens is 156 g/mol. The molecule has 74 valence electrons. The van der Waals surface area contributed by atoms with Crippen LogP contribution in [0.3, 0.4) is 0 Å². The van der Waals surface area contributed by atoms with Crippen LogP contribution in [0.25, 0.3) is 0 Å². The molecule has 0 heterocycles. The summed E-state index contributed by atoms with van der Waals surface area (Å²) in [6.07, 6.45) is 14.1. The zero-order chi connectivity index (χ0) is 8.67. The van der Waals surface area contributed by atoms with E-state index < -0.39 is 0 Å². The lowest BCUT2D eigenvalue weighted by molar-refractivity contribution is 0.0405. The number of hydrogen-bond donors (Lipinski definition) is 0. The highest BCUT2D eigenvalue weighted by Crippen LogP contribution is 2.52. The van der Waals surface area contributed by atoms with Crippen LogP contribution in [0.4, 0.5) is 0 Å². The van der Waals surface area contributed by atoms with Crippen LogP contribution in [0, 0.1) is 23.7 Å². The number of fused-ring (bicyclic) bond motifs is 1. The van der Waals surface area contributed by atoms with Gasteiger partial charge in [0.05, 0.1) is 0 Å². The first kappa shape index (κ1) is 8.32. The van der Waals surface area contributed by atoms with Gasteiger partial charge in [-0.3, -0.25) is 0 Å². The van der Waals surface area contributed by atoms with Crippen molar-refractivity contribution >= 4 is 0 Å². The molecule has 0 aromatic heterocycles. The van der Waals surface area contributed by atoms with E-state index in [4.69, 9.17) is 0 Å². The molecule has 3 fully saturated rings. The van der Waals surface area contributed by atoms with E-state index in [0.29, 0.717) is 0 Å². The lowest BCUT2D eigenvalue weighted by Gasteiger charge is -2.46. The molecule has 3 rings (SSSR count). The van der Waals surface area contributed by atoms with Gasteiger partial charge in [0, 0.05) is 0 Å². The molecule has 0 saturated heterocycles. The Morgan fingerprint density at radius 2 is 1.08 bits per heavy atom. The van der Waals surface area contributed by atoms with Crippen LogP contribution in [-0.4, -0.2) is 0 Å². The average Bonchev–Trinajstić information content (AvgIpc) is 2.08. The van der Waals surface area contributed by atoms with Gasteiger partial charge in [0.1, 0.15) is 0 Å². The molecule has 3 aliphatic carbocycles. The predicted molar refractivity (Wildman–Crippen MR) is 55.5 cm³/mol. The maximum atomic E-state index is 1.59. The summed E-state index contributed by atoms with van der Waals surface area (Å²) in [6, 6.07) is 0. The van der Waals surface area contributed by atoms with Gasteiger partial charge in [-0.1, -0.05) is 38.5 Å².